The molecule has 0 bridgehead atoms. The highest BCUT2D eigenvalue weighted by Crippen LogP contribution is 2.82. The van der Waals surface area contributed by atoms with Gasteiger partial charge in [-0.3, -0.25) is 0 Å². The van der Waals surface area contributed by atoms with Gasteiger partial charge < -0.3 is 9.47 Å². The van der Waals surface area contributed by atoms with Crippen LogP contribution in [0, 0.1) is 10.8 Å². The molecule has 0 radical (unpaired) electrons. The SMILES string of the molecule is C=C(C)C(=O)OC(CC)C1(OC(=O)C(=C)C)CCC12CCC21CC1. The van der Waals surface area contributed by atoms with Crippen LogP contribution in [0.4, 0.5) is 0 Å². The third-order valence-electron chi connectivity index (χ3n) is 6.74. The molecule has 3 fully saturated rings. The molecule has 132 valence electrons. The van der Waals surface area contributed by atoms with E-state index in [-0.39, 0.29) is 11.4 Å². The Morgan fingerprint density at radius 2 is 1.50 bits per heavy atom. The van der Waals surface area contributed by atoms with E-state index < -0.39 is 17.7 Å². The molecule has 3 aliphatic carbocycles. The van der Waals surface area contributed by atoms with Crippen LogP contribution < -0.4 is 0 Å². The van der Waals surface area contributed by atoms with E-state index in [1.807, 2.05) is 6.92 Å². The highest BCUT2D eigenvalue weighted by molar-refractivity contribution is 5.88. The Hall–Kier alpha value is -1.58. The van der Waals surface area contributed by atoms with Crippen molar-refractivity contribution in [1.82, 2.24) is 0 Å². The molecule has 3 atom stereocenters. The molecule has 0 amide bonds. The fraction of sp³-hybridized carbons (Fsp3) is 0.700. The lowest BCUT2D eigenvalue weighted by molar-refractivity contribution is -0.298. The van der Waals surface area contributed by atoms with Gasteiger partial charge in [0.05, 0.1) is 0 Å². The Balaban J connectivity index is 1.93. The van der Waals surface area contributed by atoms with Gasteiger partial charge in [0.2, 0.25) is 0 Å². The Kier molecular flexibility index (Phi) is 3.93. The first-order valence-electron chi connectivity index (χ1n) is 8.99. The smallest absolute Gasteiger partial charge is 0.333 e. The molecule has 3 saturated carbocycles. The number of carbonyl (C=O) groups is 2. The number of esters is 2. The average Bonchev–Trinajstić information content (AvgIpc) is 3.30. The Morgan fingerprint density at radius 1 is 0.958 bits per heavy atom. The van der Waals surface area contributed by atoms with Crippen LogP contribution in [0.3, 0.4) is 0 Å². The minimum Gasteiger partial charge on any atom is -0.455 e. The summed E-state index contributed by atoms with van der Waals surface area (Å²) < 4.78 is 11.8. The van der Waals surface area contributed by atoms with Crippen molar-refractivity contribution < 1.29 is 19.1 Å². The van der Waals surface area contributed by atoms with E-state index in [0.29, 0.717) is 23.0 Å². The van der Waals surface area contributed by atoms with Crippen LogP contribution in [-0.4, -0.2) is 23.6 Å². The van der Waals surface area contributed by atoms with Crippen molar-refractivity contribution in [3.05, 3.63) is 24.3 Å². The molecule has 2 spiro atoms. The fourth-order valence-corrected chi connectivity index (χ4v) is 5.06. The molecular formula is C20H28O4. The van der Waals surface area contributed by atoms with Gasteiger partial charge >= 0.3 is 11.9 Å². The van der Waals surface area contributed by atoms with Gasteiger partial charge in [0.25, 0.3) is 0 Å². The summed E-state index contributed by atoms with van der Waals surface area (Å²) in [6.07, 6.45) is 6.67. The molecule has 0 N–H and O–H groups in total. The molecule has 0 aromatic heterocycles. The lowest BCUT2D eigenvalue weighted by Gasteiger charge is -2.69. The van der Waals surface area contributed by atoms with E-state index in [1.54, 1.807) is 13.8 Å². The monoisotopic (exact) mass is 332 g/mol. The third-order valence-corrected chi connectivity index (χ3v) is 6.74. The summed E-state index contributed by atoms with van der Waals surface area (Å²) in [6.45, 7) is 12.7. The maximum absolute atomic E-state index is 12.4. The molecule has 0 heterocycles. The highest BCUT2D eigenvalue weighted by Gasteiger charge is 2.80. The zero-order chi connectivity index (χ0) is 17.8. The van der Waals surface area contributed by atoms with Gasteiger partial charge in [0.1, 0.15) is 6.10 Å². The molecule has 0 aliphatic heterocycles. The fourth-order valence-electron chi connectivity index (χ4n) is 5.06. The van der Waals surface area contributed by atoms with E-state index in [4.69, 9.17) is 9.47 Å². The van der Waals surface area contributed by atoms with Crippen LogP contribution in [-0.2, 0) is 19.1 Å². The summed E-state index contributed by atoms with van der Waals surface area (Å²) in [4.78, 5) is 24.5. The zero-order valence-electron chi connectivity index (χ0n) is 15.1. The number of hydrogen-bond acceptors (Lipinski definition) is 4. The molecule has 3 aliphatic rings. The second kappa shape index (κ2) is 5.47. The quantitative estimate of drug-likeness (QED) is 0.543. The van der Waals surface area contributed by atoms with Crippen molar-refractivity contribution in [2.24, 2.45) is 10.8 Å². The first-order valence-corrected chi connectivity index (χ1v) is 8.99. The number of rotatable bonds is 6. The molecule has 3 unspecified atom stereocenters. The van der Waals surface area contributed by atoms with Crippen LogP contribution >= 0.6 is 0 Å². The topological polar surface area (TPSA) is 52.6 Å². The average molecular weight is 332 g/mol. The predicted molar refractivity (Wildman–Crippen MR) is 91.2 cm³/mol. The van der Waals surface area contributed by atoms with Crippen LogP contribution in [0.1, 0.15) is 65.7 Å². The summed E-state index contributed by atoms with van der Waals surface area (Å²) in [7, 11) is 0. The van der Waals surface area contributed by atoms with Crippen molar-refractivity contribution in [1.29, 1.82) is 0 Å². The Morgan fingerprint density at radius 3 is 1.83 bits per heavy atom. The summed E-state index contributed by atoms with van der Waals surface area (Å²) in [5.74, 6) is -0.777. The van der Waals surface area contributed by atoms with Crippen LogP contribution in [0.25, 0.3) is 0 Å². The second-order valence-electron chi connectivity index (χ2n) is 8.00. The molecule has 0 saturated heterocycles. The lowest BCUT2D eigenvalue weighted by atomic mass is 9.39. The van der Waals surface area contributed by atoms with Crippen molar-refractivity contribution in [3.8, 4) is 0 Å². The summed E-state index contributed by atoms with van der Waals surface area (Å²) in [6, 6.07) is 0. The van der Waals surface area contributed by atoms with E-state index in [9.17, 15) is 9.59 Å². The number of carbonyl (C=O) groups excluding carboxylic acids is 2. The van der Waals surface area contributed by atoms with Gasteiger partial charge in [-0.15, -0.1) is 0 Å². The Labute approximate surface area is 144 Å². The Bertz CT molecular complexity index is 611. The molecule has 3 rings (SSSR count). The molecule has 24 heavy (non-hydrogen) atoms. The lowest BCUT2D eigenvalue weighted by Crippen LogP contribution is -2.73. The first kappa shape index (κ1) is 17.2. The van der Waals surface area contributed by atoms with E-state index >= 15 is 0 Å². The standard InChI is InChI=1S/C20H28O4/c1-6-15(23-16(21)13(2)3)20(24-17(22)14(4)5)12-11-19(20)10-9-18(19)7-8-18/h15H,2,4,6-12H2,1,3,5H3. The van der Waals surface area contributed by atoms with Gasteiger partial charge in [-0.05, 0) is 64.2 Å². The van der Waals surface area contributed by atoms with Gasteiger partial charge in [-0.1, -0.05) is 20.1 Å². The van der Waals surface area contributed by atoms with Crippen molar-refractivity contribution in [3.63, 3.8) is 0 Å². The van der Waals surface area contributed by atoms with E-state index in [0.717, 1.165) is 19.3 Å². The van der Waals surface area contributed by atoms with E-state index in [1.165, 1.54) is 19.3 Å². The maximum Gasteiger partial charge on any atom is 0.333 e. The zero-order valence-corrected chi connectivity index (χ0v) is 15.1. The number of fused-ring (bicyclic) bond motifs is 1. The minimum absolute atomic E-state index is 0.0128. The second-order valence-corrected chi connectivity index (χ2v) is 8.00. The summed E-state index contributed by atoms with van der Waals surface area (Å²) in [5, 5.41) is 0. The summed E-state index contributed by atoms with van der Waals surface area (Å²) in [5.41, 5.74) is 0.363. The largest absolute Gasteiger partial charge is 0.455 e. The predicted octanol–water partition coefficient (Wildman–Crippen LogP) is 4.10. The number of ether oxygens (including phenoxy) is 2. The van der Waals surface area contributed by atoms with Crippen molar-refractivity contribution in [2.45, 2.75) is 77.4 Å². The first-order chi connectivity index (χ1) is 11.2. The van der Waals surface area contributed by atoms with E-state index in [2.05, 4.69) is 13.2 Å². The molecular weight excluding hydrogens is 304 g/mol. The molecule has 4 heteroatoms. The highest BCUT2D eigenvalue weighted by atomic mass is 16.6. The normalized spacial score (nSPS) is 33.1. The van der Waals surface area contributed by atoms with Crippen LogP contribution in [0.15, 0.2) is 24.3 Å². The minimum atomic E-state index is -0.697. The third kappa shape index (κ3) is 2.11. The molecule has 4 nitrogen and oxygen atoms in total. The van der Waals surface area contributed by atoms with Crippen molar-refractivity contribution in [2.75, 3.05) is 0 Å². The molecule has 0 aromatic carbocycles. The van der Waals surface area contributed by atoms with Crippen LogP contribution in [0.2, 0.25) is 0 Å². The number of hydrogen-bond donors (Lipinski definition) is 0. The van der Waals surface area contributed by atoms with Crippen molar-refractivity contribution >= 4 is 11.9 Å². The van der Waals surface area contributed by atoms with Gasteiger partial charge in [0, 0.05) is 16.6 Å². The van der Waals surface area contributed by atoms with Gasteiger partial charge in [-0.25, -0.2) is 9.59 Å². The summed E-state index contributed by atoms with van der Waals surface area (Å²) >= 11 is 0. The van der Waals surface area contributed by atoms with Crippen LogP contribution in [0.5, 0.6) is 0 Å². The maximum atomic E-state index is 12.4. The molecule has 0 aromatic rings. The van der Waals surface area contributed by atoms with Gasteiger partial charge in [-0.2, -0.15) is 0 Å². The van der Waals surface area contributed by atoms with Gasteiger partial charge in [0.15, 0.2) is 5.60 Å².